The smallest absolute Gasteiger partial charge is 0.305 e. The van der Waals surface area contributed by atoms with Crippen molar-refractivity contribution in [3.05, 3.63) is 48.6 Å². The van der Waals surface area contributed by atoms with Crippen LogP contribution in [0.5, 0.6) is 0 Å². The standard InChI is InChI=1S/C64H119NO5/c1-3-5-7-9-11-13-15-17-19-21-23-24-25-28-32-36-40-44-48-52-56-62(67)61(60-66)65-63(68)57-53-49-45-41-37-33-29-27-31-35-39-43-47-51-55-59-70-64(69)58-54-50-46-42-38-34-30-26-22-20-18-16-14-12-10-8-6-4-2/h14,16,20,22,27,31,35,39,61-62,66-67H,3-13,15,17-19,21,23-26,28-30,32-34,36-38,40-60H2,1-2H3,(H,65,68)/b16-14-,22-20-,31-27-,39-35-. The van der Waals surface area contributed by atoms with Gasteiger partial charge in [-0.2, -0.15) is 0 Å². The van der Waals surface area contributed by atoms with Gasteiger partial charge < -0.3 is 20.3 Å². The number of carbonyl (C=O) groups is 2. The summed E-state index contributed by atoms with van der Waals surface area (Å²) >= 11 is 0. The quantitative estimate of drug-likeness (QED) is 0.0244. The fourth-order valence-electron chi connectivity index (χ4n) is 9.37. The molecule has 0 saturated carbocycles. The van der Waals surface area contributed by atoms with Crippen LogP contribution in [0.4, 0.5) is 0 Å². The molecule has 410 valence electrons. The van der Waals surface area contributed by atoms with Crippen molar-refractivity contribution in [2.45, 2.75) is 334 Å². The molecule has 0 aliphatic carbocycles. The Hall–Kier alpha value is -2.18. The first-order valence-corrected chi connectivity index (χ1v) is 30.9. The highest BCUT2D eigenvalue weighted by Gasteiger charge is 2.20. The number of unbranched alkanes of at least 4 members (excludes halogenated alkanes) is 39. The lowest BCUT2D eigenvalue weighted by molar-refractivity contribution is -0.143. The number of ether oxygens (including phenoxy) is 1. The molecule has 0 rings (SSSR count). The zero-order valence-corrected chi connectivity index (χ0v) is 46.7. The van der Waals surface area contributed by atoms with Crippen molar-refractivity contribution in [3.63, 3.8) is 0 Å². The van der Waals surface area contributed by atoms with Crippen molar-refractivity contribution in [2.75, 3.05) is 13.2 Å². The molecule has 0 radical (unpaired) electrons. The summed E-state index contributed by atoms with van der Waals surface area (Å²) in [5.74, 6) is -0.0849. The monoisotopic (exact) mass is 982 g/mol. The highest BCUT2D eigenvalue weighted by molar-refractivity contribution is 5.76. The minimum Gasteiger partial charge on any atom is -0.466 e. The minimum atomic E-state index is -0.681. The number of nitrogens with one attached hydrogen (secondary N) is 1. The number of amides is 1. The van der Waals surface area contributed by atoms with Gasteiger partial charge in [-0.15, -0.1) is 0 Å². The topological polar surface area (TPSA) is 95.9 Å². The highest BCUT2D eigenvalue weighted by Crippen LogP contribution is 2.17. The van der Waals surface area contributed by atoms with Gasteiger partial charge in [0.1, 0.15) is 0 Å². The Balaban J connectivity index is 3.51. The van der Waals surface area contributed by atoms with Crippen molar-refractivity contribution < 1.29 is 24.5 Å². The number of aliphatic hydroxyl groups is 2. The molecule has 0 aliphatic heterocycles. The summed E-state index contributed by atoms with van der Waals surface area (Å²) in [7, 11) is 0. The maximum Gasteiger partial charge on any atom is 0.305 e. The van der Waals surface area contributed by atoms with Crippen LogP contribution in [0.1, 0.15) is 322 Å². The summed E-state index contributed by atoms with van der Waals surface area (Å²) in [5, 5.41) is 23.3. The van der Waals surface area contributed by atoms with Crippen molar-refractivity contribution in [3.8, 4) is 0 Å². The van der Waals surface area contributed by atoms with E-state index >= 15 is 0 Å². The number of carbonyl (C=O) groups excluding carboxylic acids is 2. The lowest BCUT2D eigenvalue weighted by Gasteiger charge is -2.22. The van der Waals surface area contributed by atoms with E-state index in [1.165, 1.54) is 205 Å². The summed E-state index contributed by atoms with van der Waals surface area (Å²) in [4.78, 5) is 24.6. The maximum atomic E-state index is 12.5. The lowest BCUT2D eigenvalue weighted by atomic mass is 10.0. The molecule has 2 atom stereocenters. The van der Waals surface area contributed by atoms with E-state index in [2.05, 4.69) is 67.8 Å². The van der Waals surface area contributed by atoms with Gasteiger partial charge in [0, 0.05) is 12.8 Å². The van der Waals surface area contributed by atoms with Gasteiger partial charge in [0.15, 0.2) is 0 Å². The Kier molecular flexibility index (Phi) is 57.5. The molecule has 6 heteroatoms. The Morgan fingerprint density at radius 3 is 1.19 bits per heavy atom. The first kappa shape index (κ1) is 67.8. The summed E-state index contributed by atoms with van der Waals surface area (Å²) in [6.45, 7) is 4.89. The van der Waals surface area contributed by atoms with Gasteiger partial charge in [0.2, 0.25) is 5.91 Å². The molecule has 0 aromatic rings. The Morgan fingerprint density at radius 2 is 0.757 bits per heavy atom. The maximum absolute atomic E-state index is 12.5. The average molecular weight is 983 g/mol. The van der Waals surface area contributed by atoms with Crippen LogP contribution in [0.25, 0.3) is 0 Å². The largest absolute Gasteiger partial charge is 0.466 e. The van der Waals surface area contributed by atoms with Crippen LogP contribution in [0.2, 0.25) is 0 Å². The molecule has 2 unspecified atom stereocenters. The minimum absolute atomic E-state index is 0.0288. The molecule has 6 nitrogen and oxygen atoms in total. The molecule has 3 N–H and O–H groups in total. The van der Waals surface area contributed by atoms with E-state index in [1.807, 2.05) is 0 Å². The zero-order chi connectivity index (χ0) is 50.7. The van der Waals surface area contributed by atoms with E-state index in [0.29, 0.717) is 25.9 Å². The van der Waals surface area contributed by atoms with Crippen LogP contribution >= 0.6 is 0 Å². The fraction of sp³-hybridized carbons (Fsp3) is 0.844. The molecule has 0 aromatic carbocycles. The number of esters is 1. The third-order valence-corrected chi connectivity index (χ3v) is 14.1. The van der Waals surface area contributed by atoms with E-state index < -0.39 is 12.1 Å². The molecule has 0 fully saturated rings. The molecule has 0 bridgehead atoms. The van der Waals surface area contributed by atoms with Gasteiger partial charge >= 0.3 is 5.97 Å². The van der Waals surface area contributed by atoms with E-state index in [-0.39, 0.29) is 18.5 Å². The first-order valence-electron chi connectivity index (χ1n) is 30.9. The van der Waals surface area contributed by atoms with Crippen LogP contribution in [0.15, 0.2) is 48.6 Å². The van der Waals surface area contributed by atoms with Crippen LogP contribution in [0.3, 0.4) is 0 Å². The second-order valence-corrected chi connectivity index (χ2v) is 21.1. The molecule has 0 saturated heterocycles. The van der Waals surface area contributed by atoms with Gasteiger partial charge in [-0.25, -0.2) is 0 Å². The third-order valence-electron chi connectivity index (χ3n) is 14.1. The molecule has 1 amide bonds. The van der Waals surface area contributed by atoms with Crippen molar-refractivity contribution >= 4 is 11.9 Å². The summed E-state index contributed by atoms with van der Waals surface area (Å²) in [6, 6.07) is -0.560. The number of aliphatic hydroxyl groups excluding tert-OH is 2. The predicted molar refractivity (Wildman–Crippen MR) is 306 cm³/mol. The third kappa shape index (κ3) is 55.1. The van der Waals surface area contributed by atoms with E-state index in [9.17, 15) is 19.8 Å². The zero-order valence-electron chi connectivity index (χ0n) is 46.7. The van der Waals surface area contributed by atoms with Gasteiger partial charge in [-0.1, -0.05) is 268 Å². The number of rotatable bonds is 57. The van der Waals surface area contributed by atoms with Crippen molar-refractivity contribution in [1.82, 2.24) is 5.32 Å². The molecular formula is C64H119NO5. The van der Waals surface area contributed by atoms with Gasteiger partial charge in [-0.3, -0.25) is 9.59 Å². The number of hydrogen-bond acceptors (Lipinski definition) is 5. The number of hydrogen-bond donors (Lipinski definition) is 3. The van der Waals surface area contributed by atoms with Crippen LogP contribution < -0.4 is 5.32 Å². The summed E-state index contributed by atoms with van der Waals surface area (Å²) in [5.41, 5.74) is 0. The summed E-state index contributed by atoms with van der Waals surface area (Å²) in [6.07, 6.45) is 75.4. The van der Waals surface area contributed by atoms with Gasteiger partial charge in [-0.05, 0) is 89.9 Å². The Labute approximate surface area is 436 Å². The van der Waals surface area contributed by atoms with Crippen molar-refractivity contribution in [1.29, 1.82) is 0 Å². The normalized spacial score (nSPS) is 12.9. The first-order chi connectivity index (χ1) is 34.5. The molecule has 0 spiro atoms. The van der Waals surface area contributed by atoms with E-state index in [0.717, 1.165) is 83.5 Å². The Bertz CT molecular complexity index is 1180. The Morgan fingerprint density at radius 1 is 0.414 bits per heavy atom. The SMILES string of the molecule is CCCCCC/C=C\C/C=C\CCCCCCCCCC(=O)OCCCCC/C=C\C=C/CCCCCCCCC(=O)NC(CO)C(O)CCCCCCCCCCCCCCCCCCCCCC. The second-order valence-electron chi connectivity index (χ2n) is 21.1. The summed E-state index contributed by atoms with van der Waals surface area (Å²) < 4.78 is 5.46. The molecule has 0 aliphatic rings. The van der Waals surface area contributed by atoms with Crippen LogP contribution in [0, 0.1) is 0 Å². The molecule has 0 heterocycles. The van der Waals surface area contributed by atoms with Crippen LogP contribution in [-0.2, 0) is 14.3 Å². The van der Waals surface area contributed by atoms with Crippen molar-refractivity contribution in [2.24, 2.45) is 0 Å². The fourth-order valence-corrected chi connectivity index (χ4v) is 9.37. The van der Waals surface area contributed by atoms with E-state index in [1.54, 1.807) is 0 Å². The molecule has 70 heavy (non-hydrogen) atoms. The van der Waals surface area contributed by atoms with E-state index in [4.69, 9.17) is 4.74 Å². The molecular weight excluding hydrogens is 863 g/mol. The van der Waals surface area contributed by atoms with Gasteiger partial charge in [0.25, 0.3) is 0 Å². The van der Waals surface area contributed by atoms with Crippen LogP contribution in [-0.4, -0.2) is 47.4 Å². The average Bonchev–Trinajstić information content (AvgIpc) is 3.36. The molecule has 0 aromatic heterocycles. The highest BCUT2D eigenvalue weighted by atomic mass is 16.5. The second kappa shape index (κ2) is 59.4. The number of allylic oxidation sites excluding steroid dienone is 8. The van der Waals surface area contributed by atoms with Gasteiger partial charge in [0.05, 0.1) is 25.4 Å². The lowest BCUT2D eigenvalue weighted by Crippen LogP contribution is -2.45. The predicted octanol–water partition coefficient (Wildman–Crippen LogP) is 19.4.